The van der Waals surface area contributed by atoms with Gasteiger partial charge >= 0.3 is 11.9 Å². The molecule has 2 bridgehead atoms. The zero-order valence-electron chi connectivity index (χ0n) is 23.4. The number of allylic oxidation sites excluding steroid dienone is 1. The molecule has 3 aliphatic carbocycles. The molecule has 9 nitrogen and oxygen atoms in total. The van der Waals surface area contributed by atoms with Crippen molar-refractivity contribution < 1.29 is 44.2 Å². The van der Waals surface area contributed by atoms with Crippen LogP contribution in [0.25, 0.3) is 0 Å². The highest BCUT2D eigenvalue weighted by molar-refractivity contribution is 5.89. The largest absolute Gasteiger partial charge is 0.455 e. The van der Waals surface area contributed by atoms with Crippen LogP contribution in [0.15, 0.2) is 41.5 Å². The van der Waals surface area contributed by atoms with Crippen LogP contribution in [0.1, 0.15) is 64.7 Å². The molecule has 9 heteroatoms. The number of esters is 2. The van der Waals surface area contributed by atoms with E-state index in [9.17, 15) is 30.0 Å². The van der Waals surface area contributed by atoms with E-state index in [1.54, 1.807) is 51.1 Å². The molecule has 4 N–H and O–H groups in total. The van der Waals surface area contributed by atoms with E-state index in [1.807, 2.05) is 13.8 Å². The zero-order chi connectivity index (χ0) is 28.7. The first kappa shape index (κ1) is 28.2. The number of hydrogen-bond acceptors (Lipinski definition) is 9. The molecule has 1 aromatic rings. The lowest BCUT2D eigenvalue weighted by molar-refractivity contribution is -0.364. The monoisotopic (exact) mass is 544 g/mol. The lowest BCUT2D eigenvalue weighted by Crippen LogP contribution is -2.82. The predicted octanol–water partition coefficient (Wildman–Crippen LogP) is 2.15. The maximum Gasteiger partial charge on any atom is 0.338 e. The Hall–Kier alpha value is -2.30. The minimum atomic E-state index is -1.77. The van der Waals surface area contributed by atoms with Gasteiger partial charge in [-0.3, -0.25) is 4.79 Å². The Bertz CT molecular complexity index is 1190. The molecule has 2 saturated carbocycles. The first-order chi connectivity index (χ1) is 18.1. The summed E-state index contributed by atoms with van der Waals surface area (Å²) in [6, 6.07) is 8.37. The van der Waals surface area contributed by atoms with Crippen LogP contribution in [0.4, 0.5) is 0 Å². The van der Waals surface area contributed by atoms with E-state index in [1.165, 1.54) is 6.92 Å². The Kier molecular flexibility index (Phi) is 6.59. The maximum atomic E-state index is 13.7. The molecule has 0 aromatic heterocycles. The van der Waals surface area contributed by atoms with Crippen LogP contribution in [-0.2, 0) is 19.0 Å². The van der Waals surface area contributed by atoms with Crippen molar-refractivity contribution in [1.29, 1.82) is 0 Å². The average molecular weight is 545 g/mol. The standard InChI is InChI=1S/C30H40O9/c1-15-13-30(36)25(38-26(35)18-10-8-7-9-11-18)23-28(6,24(34)22(33)21(16(15)2)27(30,4)5)19(32)12-20-29(23,14-37-20)39-17(3)31/h7-11,15,19-20,22-25,32-34,36H,12-14H2,1-6H3/t15-,19-,20?,22+,23-,24+,25-,28+,29-,30+/m0/s1. The highest BCUT2D eigenvalue weighted by Crippen LogP contribution is 2.65. The number of aliphatic hydroxyl groups is 4. The van der Waals surface area contributed by atoms with Gasteiger partial charge in [-0.2, -0.15) is 0 Å². The van der Waals surface area contributed by atoms with E-state index in [0.717, 1.165) is 5.57 Å². The fraction of sp³-hybridized carbons (Fsp3) is 0.667. The van der Waals surface area contributed by atoms with E-state index in [-0.39, 0.29) is 30.9 Å². The summed E-state index contributed by atoms with van der Waals surface area (Å²) in [5.41, 5.74) is -4.37. The molecule has 0 spiro atoms. The second-order valence-electron chi connectivity index (χ2n) is 12.8. The zero-order valence-corrected chi connectivity index (χ0v) is 23.4. The molecule has 1 aliphatic heterocycles. The van der Waals surface area contributed by atoms with Gasteiger partial charge in [-0.25, -0.2) is 4.79 Å². The lowest BCUT2D eigenvalue weighted by atomic mass is 9.44. The molecule has 39 heavy (non-hydrogen) atoms. The van der Waals surface area contributed by atoms with E-state index in [0.29, 0.717) is 5.57 Å². The van der Waals surface area contributed by atoms with E-state index in [2.05, 4.69) is 0 Å². The normalized spacial score (nSPS) is 44.6. The SMILES string of the molecule is CC(=O)O[C@@]12COC1C[C@H](O)[C@@]1(C)[C@H](O)[C@H](O)C3=C(C)[C@@H](C)C[C@@](O)([C@@H](OC(=O)c4ccccc4)[C@@H]12)C3(C)C. The van der Waals surface area contributed by atoms with Crippen LogP contribution in [0.5, 0.6) is 0 Å². The molecule has 5 rings (SSSR count). The van der Waals surface area contributed by atoms with Gasteiger partial charge in [0.1, 0.15) is 23.9 Å². The molecular formula is C30H40O9. The molecule has 214 valence electrons. The number of carbonyl (C=O) groups excluding carboxylic acids is 2. The van der Waals surface area contributed by atoms with Crippen molar-refractivity contribution in [3.05, 3.63) is 47.0 Å². The molecule has 4 aliphatic rings. The quantitative estimate of drug-likeness (QED) is 0.332. The third-order valence-corrected chi connectivity index (χ3v) is 10.5. The second-order valence-corrected chi connectivity index (χ2v) is 12.8. The summed E-state index contributed by atoms with van der Waals surface area (Å²) in [4.78, 5) is 26.1. The summed E-state index contributed by atoms with van der Waals surface area (Å²) in [6.45, 7) is 10.1. The van der Waals surface area contributed by atoms with Gasteiger partial charge in [0, 0.05) is 24.2 Å². The number of aliphatic hydroxyl groups excluding tert-OH is 3. The van der Waals surface area contributed by atoms with E-state index < -0.39 is 70.4 Å². The van der Waals surface area contributed by atoms with Crippen molar-refractivity contribution >= 4 is 11.9 Å². The molecule has 1 aromatic carbocycles. The third-order valence-electron chi connectivity index (χ3n) is 10.5. The van der Waals surface area contributed by atoms with Crippen LogP contribution in [0, 0.1) is 22.7 Å². The lowest BCUT2D eigenvalue weighted by Gasteiger charge is -2.69. The molecule has 1 unspecified atom stereocenters. The molecule has 0 amide bonds. The molecule has 1 saturated heterocycles. The van der Waals surface area contributed by atoms with Gasteiger partial charge in [-0.1, -0.05) is 51.5 Å². The number of fused-ring (bicyclic) bond motifs is 5. The Labute approximate surface area is 228 Å². The summed E-state index contributed by atoms with van der Waals surface area (Å²) in [5, 5.41) is 48.1. The highest BCUT2D eigenvalue weighted by Gasteiger charge is 2.77. The van der Waals surface area contributed by atoms with Crippen LogP contribution in [-0.4, -0.2) is 80.7 Å². The predicted molar refractivity (Wildman–Crippen MR) is 139 cm³/mol. The van der Waals surface area contributed by atoms with Gasteiger partial charge in [0.05, 0.1) is 30.3 Å². The summed E-state index contributed by atoms with van der Waals surface area (Å²) >= 11 is 0. The van der Waals surface area contributed by atoms with Crippen molar-refractivity contribution in [2.45, 2.75) is 96.1 Å². The second kappa shape index (κ2) is 9.11. The first-order valence-corrected chi connectivity index (χ1v) is 13.7. The van der Waals surface area contributed by atoms with Crippen molar-refractivity contribution in [3.8, 4) is 0 Å². The van der Waals surface area contributed by atoms with Crippen molar-refractivity contribution in [2.24, 2.45) is 22.7 Å². The van der Waals surface area contributed by atoms with Crippen LogP contribution in [0.3, 0.4) is 0 Å². The highest BCUT2D eigenvalue weighted by atomic mass is 16.6. The Morgan fingerprint density at radius 1 is 1.08 bits per heavy atom. The first-order valence-electron chi connectivity index (χ1n) is 13.7. The molecule has 1 heterocycles. The topological polar surface area (TPSA) is 143 Å². The van der Waals surface area contributed by atoms with Gasteiger partial charge in [-0.15, -0.1) is 0 Å². The summed E-state index contributed by atoms with van der Waals surface area (Å²) in [5.74, 6) is -2.65. The molecule has 3 fully saturated rings. The Morgan fingerprint density at radius 2 is 1.72 bits per heavy atom. The Balaban J connectivity index is 1.80. The molecule has 10 atom stereocenters. The smallest absolute Gasteiger partial charge is 0.338 e. The summed E-state index contributed by atoms with van der Waals surface area (Å²) < 4.78 is 18.0. The van der Waals surface area contributed by atoms with E-state index >= 15 is 0 Å². The van der Waals surface area contributed by atoms with E-state index in [4.69, 9.17) is 14.2 Å². The van der Waals surface area contributed by atoms with Crippen molar-refractivity contribution in [1.82, 2.24) is 0 Å². The summed E-state index contributed by atoms with van der Waals surface area (Å²) in [7, 11) is 0. The fourth-order valence-corrected chi connectivity index (χ4v) is 8.14. The van der Waals surface area contributed by atoms with Gasteiger partial charge < -0.3 is 34.6 Å². The number of benzene rings is 1. The third kappa shape index (κ3) is 3.70. The average Bonchev–Trinajstić information content (AvgIpc) is 2.87. The van der Waals surface area contributed by atoms with Crippen molar-refractivity contribution in [2.75, 3.05) is 6.61 Å². The number of ether oxygens (including phenoxy) is 3. The number of carbonyl (C=O) groups is 2. The number of hydrogen-bond donors (Lipinski definition) is 4. The van der Waals surface area contributed by atoms with Gasteiger partial charge in [0.25, 0.3) is 0 Å². The Morgan fingerprint density at radius 3 is 2.28 bits per heavy atom. The maximum absolute atomic E-state index is 13.7. The molecule has 0 radical (unpaired) electrons. The molecular weight excluding hydrogens is 504 g/mol. The minimum absolute atomic E-state index is 0.0274. The van der Waals surface area contributed by atoms with Crippen LogP contribution >= 0.6 is 0 Å². The van der Waals surface area contributed by atoms with Gasteiger partial charge in [-0.05, 0) is 37.0 Å². The van der Waals surface area contributed by atoms with Crippen LogP contribution < -0.4 is 0 Å². The summed E-state index contributed by atoms with van der Waals surface area (Å²) in [6.07, 6.45) is -6.10. The number of rotatable bonds is 3. The van der Waals surface area contributed by atoms with Gasteiger partial charge in [0.2, 0.25) is 0 Å². The minimum Gasteiger partial charge on any atom is -0.455 e. The fourth-order valence-electron chi connectivity index (χ4n) is 8.14. The van der Waals surface area contributed by atoms with Crippen LogP contribution in [0.2, 0.25) is 0 Å². The van der Waals surface area contributed by atoms with Gasteiger partial charge in [0.15, 0.2) is 5.60 Å². The van der Waals surface area contributed by atoms with Crippen molar-refractivity contribution in [3.63, 3.8) is 0 Å².